The summed E-state index contributed by atoms with van der Waals surface area (Å²) in [6.45, 7) is 0. The molecule has 0 N–H and O–H groups in total. The summed E-state index contributed by atoms with van der Waals surface area (Å²) < 4.78 is 0. The number of hydrogen-bond acceptors (Lipinski definition) is 3. The Morgan fingerprint density at radius 3 is 2.18 bits per heavy atom. The Bertz CT molecular complexity index is 860. The Morgan fingerprint density at radius 2 is 1.55 bits per heavy atom. The van der Waals surface area contributed by atoms with Gasteiger partial charge in [-0.25, -0.2) is 0 Å². The SMILES string of the molecule is O=[N+]([O-])c1cc(Cl)c(Sc2ccc3ccccc3c2)c(Cl)c1. The van der Waals surface area contributed by atoms with Gasteiger partial charge in [-0.3, -0.25) is 10.1 Å². The maximum atomic E-state index is 10.8. The van der Waals surface area contributed by atoms with Crippen LogP contribution in [0.4, 0.5) is 5.69 Å². The third-order valence-electron chi connectivity index (χ3n) is 3.13. The van der Waals surface area contributed by atoms with Gasteiger partial charge in [0.2, 0.25) is 0 Å². The zero-order valence-electron chi connectivity index (χ0n) is 11.1. The largest absolute Gasteiger partial charge is 0.272 e. The first kappa shape index (κ1) is 15.2. The van der Waals surface area contributed by atoms with E-state index in [0.717, 1.165) is 15.7 Å². The van der Waals surface area contributed by atoms with Crippen molar-refractivity contribution >= 4 is 51.4 Å². The van der Waals surface area contributed by atoms with Crippen molar-refractivity contribution < 1.29 is 4.92 Å². The smallest absolute Gasteiger partial charge is 0.258 e. The van der Waals surface area contributed by atoms with Gasteiger partial charge in [0.05, 0.1) is 15.0 Å². The molecule has 0 saturated heterocycles. The van der Waals surface area contributed by atoms with Crippen LogP contribution in [0.2, 0.25) is 10.0 Å². The first-order chi connectivity index (χ1) is 10.5. The van der Waals surface area contributed by atoms with E-state index in [0.29, 0.717) is 4.90 Å². The summed E-state index contributed by atoms with van der Waals surface area (Å²) in [5, 5.41) is 13.6. The minimum Gasteiger partial charge on any atom is -0.258 e. The molecule has 3 aromatic rings. The third-order valence-corrected chi connectivity index (χ3v) is 5.09. The molecule has 0 saturated carbocycles. The molecular formula is C16H9Cl2NO2S. The molecule has 0 spiro atoms. The molecule has 0 heterocycles. The summed E-state index contributed by atoms with van der Waals surface area (Å²) in [5.41, 5.74) is -0.113. The molecule has 0 aliphatic rings. The minimum absolute atomic E-state index is 0.113. The van der Waals surface area contributed by atoms with Crippen molar-refractivity contribution in [2.24, 2.45) is 0 Å². The van der Waals surface area contributed by atoms with Gasteiger partial charge in [0.1, 0.15) is 0 Å². The fourth-order valence-electron chi connectivity index (χ4n) is 2.10. The topological polar surface area (TPSA) is 43.1 Å². The highest BCUT2D eigenvalue weighted by atomic mass is 35.5. The minimum atomic E-state index is -0.512. The summed E-state index contributed by atoms with van der Waals surface area (Å²) in [7, 11) is 0. The van der Waals surface area contributed by atoms with Crippen molar-refractivity contribution in [1.82, 2.24) is 0 Å². The van der Waals surface area contributed by atoms with Crippen LogP contribution >= 0.6 is 35.0 Å². The van der Waals surface area contributed by atoms with Gasteiger partial charge in [-0.2, -0.15) is 0 Å². The lowest BCUT2D eigenvalue weighted by Crippen LogP contribution is -1.89. The van der Waals surface area contributed by atoms with Gasteiger partial charge in [0, 0.05) is 21.9 Å². The predicted molar refractivity (Wildman–Crippen MR) is 91.2 cm³/mol. The predicted octanol–water partition coefficient (Wildman–Crippen LogP) is 6.21. The molecule has 3 rings (SSSR count). The molecular weight excluding hydrogens is 341 g/mol. The zero-order chi connectivity index (χ0) is 15.7. The summed E-state index contributed by atoms with van der Waals surface area (Å²) in [4.78, 5) is 11.9. The maximum Gasteiger partial charge on any atom is 0.272 e. The molecule has 22 heavy (non-hydrogen) atoms. The molecule has 0 amide bonds. The van der Waals surface area contributed by atoms with E-state index in [9.17, 15) is 10.1 Å². The second-order valence-electron chi connectivity index (χ2n) is 4.61. The lowest BCUT2D eigenvalue weighted by atomic mass is 10.1. The molecule has 0 radical (unpaired) electrons. The fraction of sp³-hybridized carbons (Fsp3) is 0. The van der Waals surface area contributed by atoms with Crippen LogP contribution in [-0.4, -0.2) is 4.92 Å². The molecule has 0 fully saturated rings. The standard InChI is InChI=1S/C16H9Cl2NO2S/c17-14-8-12(19(20)21)9-15(18)16(14)22-13-6-5-10-3-1-2-4-11(10)7-13/h1-9H. The molecule has 0 bridgehead atoms. The van der Waals surface area contributed by atoms with Crippen molar-refractivity contribution in [2.75, 3.05) is 0 Å². The number of fused-ring (bicyclic) bond motifs is 1. The van der Waals surface area contributed by atoms with Crippen LogP contribution in [0, 0.1) is 10.1 Å². The molecule has 3 aromatic carbocycles. The van der Waals surface area contributed by atoms with E-state index >= 15 is 0 Å². The average molecular weight is 350 g/mol. The van der Waals surface area contributed by atoms with E-state index in [2.05, 4.69) is 0 Å². The Balaban J connectivity index is 1.99. The van der Waals surface area contributed by atoms with Gasteiger partial charge < -0.3 is 0 Å². The highest BCUT2D eigenvalue weighted by Gasteiger charge is 2.15. The highest BCUT2D eigenvalue weighted by Crippen LogP contribution is 2.41. The molecule has 110 valence electrons. The summed E-state index contributed by atoms with van der Waals surface area (Å²) in [6, 6.07) is 16.7. The van der Waals surface area contributed by atoms with Crippen LogP contribution in [0.15, 0.2) is 64.4 Å². The summed E-state index contributed by atoms with van der Waals surface area (Å²) in [5.74, 6) is 0. The van der Waals surface area contributed by atoms with Gasteiger partial charge in [-0.1, -0.05) is 65.3 Å². The molecule has 3 nitrogen and oxygen atoms in total. The first-order valence-corrected chi connectivity index (χ1v) is 7.92. The number of hydrogen-bond donors (Lipinski definition) is 0. The highest BCUT2D eigenvalue weighted by molar-refractivity contribution is 7.99. The number of rotatable bonds is 3. The average Bonchev–Trinajstić information content (AvgIpc) is 2.50. The van der Waals surface area contributed by atoms with E-state index in [1.165, 1.54) is 23.9 Å². The second kappa shape index (κ2) is 6.16. The van der Waals surface area contributed by atoms with Crippen molar-refractivity contribution in [2.45, 2.75) is 9.79 Å². The lowest BCUT2D eigenvalue weighted by molar-refractivity contribution is -0.384. The number of nitro groups is 1. The van der Waals surface area contributed by atoms with E-state index in [1.54, 1.807) is 0 Å². The summed E-state index contributed by atoms with van der Waals surface area (Å²) >= 11 is 13.7. The van der Waals surface area contributed by atoms with Crippen LogP contribution in [0.3, 0.4) is 0 Å². The Hall–Kier alpha value is -1.75. The number of nitro benzene ring substituents is 1. The molecule has 0 atom stereocenters. The van der Waals surface area contributed by atoms with Gasteiger partial charge in [0.15, 0.2) is 0 Å². The molecule has 0 aliphatic heterocycles. The van der Waals surface area contributed by atoms with E-state index in [1.807, 2.05) is 42.5 Å². The van der Waals surface area contributed by atoms with E-state index < -0.39 is 4.92 Å². The Kier molecular flexibility index (Phi) is 4.25. The number of non-ortho nitro benzene ring substituents is 1. The van der Waals surface area contributed by atoms with Crippen LogP contribution in [0.5, 0.6) is 0 Å². The Morgan fingerprint density at radius 1 is 0.909 bits per heavy atom. The van der Waals surface area contributed by atoms with Crippen LogP contribution in [0.25, 0.3) is 10.8 Å². The van der Waals surface area contributed by atoms with Gasteiger partial charge in [-0.15, -0.1) is 0 Å². The molecule has 0 unspecified atom stereocenters. The quantitative estimate of drug-likeness (QED) is 0.417. The van der Waals surface area contributed by atoms with Crippen molar-refractivity contribution in [3.8, 4) is 0 Å². The Labute approximate surface area is 141 Å². The van der Waals surface area contributed by atoms with E-state index in [-0.39, 0.29) is 15.7 Å². The molecule has 0 aliphatic carbocycles. The van der Waals surface area contributed by atoms with Gasteiger partial charge in [0.25, 0.3) is 5.69 Å². The monoisotopic (exact) mass is 349 g/mol. The van der Waals surface area contributed by atoms with Gasteiger partial charge >= 0.3 is 0 Å². The summed E-state index contributed by atoms with van der Waals surface area (Å²) in [6.07, 6.45) is 0. The molecule has 0 aromatic heterocycles. The van der Waals surface area contributed by atoms with Crippen molar-refractivity contribution in [3.63, 3.8) is 0 Å². The van der Waals surface area contributed by atoms with Crippen LogP contribution in [-0.2, 0) is 0 Å². The zero-order valence-corrected chi connectivity index (χ0v) is 13.5. The third kappa shape index (κ3) is 3.04. The maximum absolute atomic E-state index is 10.8. The van der Waals surface area contributed by atoms with E-state index in [4.69, 9.17) is 23.2 Å². The van der Waals surface area contributed by atoms with Crippen LogP contribution in [0.1, 0.15) is 0 Å². The van der Waals surface area contributed by atoms with Crippen molar-refractivity contribution in [1.29, 1.82) is 0 Å². The number of nitrogens with zero attached hydrogens (tertiary/aromatic N) is 1. The normalized spacial score (nSPS) is 10.8. The van der Waals surface area contributed by atoms with Crippen LogP contribution < -0.4 is 0 Å². The van der Waals surface area contributed by atoms with Crippen molar-refractivity contribution in [3.05, 3.63) is 74.8 Å². The number of benzene rings is 3. The number of halogens is 2. The first-order valence-electron chi connectivity index (χ1n) is 6.35. The van der Waals surface area contributed by atoms with Gasteiger partial charge in [-0.05, 0) is 22.9 Å². The molecule has 6 heteroatoms. The lowest BCUT2D eigenvalue weighted by Gasteiger charge is -2.08. The fourth-order valence-corrected chi connectivity index (χ4v) is 3.68. The second-order valence-corrected chi connectivity index (χ2v) is 6.50.